The molecule has 4 aromatic rings. The molecule has 2 aromatic heterocycles. The topological polar surface area (TPSA) is 56.7 Å². The highest BCUT2D eigenvalue weighted by molar-refractivity contribution is 7.98. The summed E-state index contributed by atoms with van der Waals surface area (Å²) in [6.45, 7) is 5.99. The van der Waals surface area contributed by atoms with Crippen LogP contribution in [0.2, 0.25) is 0 Å². The van der Waals surface area contributed by atoms with Crippen molar-refractivity contribution in [1.29, 1.82) is 0 Å². The molecule has 0 amide bonds. The predicted octanol–water partition coefficient (Wildman–Crippen LogP) is 5.14. The van der Waals surface area contributed by atoms with Crippen LogP contribution in [0.4, 0.5) is 0 Å². The standard InChI is InChI=1S/C21H20N4OS/c1-14-9-11-18(12-10-14)25-16(3)23-24-21(25)27-13-19-15(2)26-20(22-19)17-7-5-4-6-8-17/h4-12H,13H2,1-3H3. The highest BCUT2D eigenvalue weighted by Crippen LogP contribution is 2.28. The third-order valence-electron chi connectivity index (χ3n) is 4.34. The molecule has 0 fully saturated rings. The third kappa shape index (κ3) is 3.66. The zero-order valence-corrected chi connectivity index (χ0v) is 16.3. The van der Waals surface area contributed by atoms with Crippen LogP contribution in [0.25, 0.3) is 17.1 Å². The fraction of sp³-hybridized carbons (Fsp3) is 0.190. The molecule has 6 heteroatoms. The Labute approximate surface area is 162 Å². The molecule has 0 atom stereocenters. The van der Waals surface area contributed by atoms with Gasteiger partial charge in [0.05, 0.1) is 5.69 Å². The lowest BCUT2D eigenvalue weighted by Crippen LogP contribution is -1.99. The molecule has 27 heavy (non-hydrogen) atoms. The van der Waals surface area contributed by atoms with Crippen molar-refractivity contribution in [2.75, 3.05) is 0 Å². The zero-order valence-electron chi connectivity index (χ0n) is 15.5. The van der Waals surface area contributed by atoms with E-state index in [2.05, 4.69) is 50.9 Å². The van der Waals surface area contributed by atoms with Crippen LogP contribution in [0.3, 0.4) is 0 Å². The first-order valence-electron chi connectivity index (χ1n) is 8.75. The van der Waals surface area contributed by atoms with E-state index in [9.17, 15) is 0 Å². The van der Waals surface area contributed by atoms with Crippen molar-refractivity contribution >= 4 is 11.8 Å². The van der Waals surface area contributed by atoms with Crippen molar-refractivity contribution in [3.8, 4) is 17.1 Å². The minimum Gasteiger partial charge on any atom is -0.441 e. The Morgan fingerprint density at radius 2 is 1.67 bits per heavy atom. The molecule has 0 aliphatic carbocycles. The van der Waals surface area contributed by atoms with Gasteiger partial charge in [0, 0.05) is 17.0 Å². The number of oxazole rings is 1. The average molecular weight is 376 g/mol. The smallest absolute Gasteiger partial charge is 0.226 e. The quantitative estimate of drug-likeness (QED) is 0.451. The van der Waals surface area contributed by atoms with Gasteiger partial charge in [-0.15, -0.1) is 10.2 Å². The minimum absolute atomic E-state index is 0.653. The summed E-state index contributed by atoms with van der Waals surface area (Å²) in [5.41, 5.74) is 4.20. The van der Waals surface area contributed by atoms with Crippen LogP contribution in [0.5, 0.6) is 0 Å². The van der Waals surface area contributed by atoms with Gasteiger partial charge >= 0.3 is 0 Å². The largest absolute Gasteiger partial charge is 0.441 e. The van der Waals surface area contributed by atoms with Gasteiger partial charge in [-0.2, -0.15) is 0 Å². The van der Waals surface area contributed by atoms with E-state index in [0.717, 1.165) is 33.7 Å². The Bertz CT molecular complexity index is 1050. The van der Waals surface area contributed by atoms with E-state index in [0.29, 0.717) is 11.6 Å². The molecular formula is C21H20N4OS. The number of rotatable bonds is 5. The Morgan fingerprint density at radius 3 is 2.41 bits per heavy atom. The molecule has 5 nitrogen and oxygen atoms in total. The van der Waals surface area contributed by atoms with E-state index in [1.54, 1.807) is 11.8 Å². The normalized spacial score (nSPS) is 11.1. The first kappa shape index (κ1) is 17.5. The van der Waals surface area contributed by atoms with Gasteiger partial charge in [-0.25, -0.2) is 4.98 Å². The summed E-state index contributed by atoms with van der Waals surface area (Å²) in [5.74, 6) is 3.02. The van der Waals surface area contributed by atoms with Crippen LogP contribution in [-0.2, 0) is 5.75 Å². The summed E-state index contributed by atoms with van der Waals surface area (Å²) < 4.78 is 7.92. The number of nitrogens with zero attached hydrogens (tertiary/aromatic N) is 4. The van der Waals surface area contributed by atoms with Crippen LogP contribution in [0, 0.1) is 20.8 Å². The lowest BCUT2D eigenvalue weighted by molar-refractivity contribution is 0.540. The van der Waals surface area contributed by atoms with Gasteiger partial charge in [-0.3, -0.25) is 4.57 Å². The number of hydrogen-bond donors (Lipinski definition) is 0. The SMILES string of the molecule is Cc1ccc(-n2c(C)nnc2SCc2nc(-c3ccccc3)oc2C)cc1. The van der Waals surface area contributed by atoms with E-state index in [-0.39, 0.29) is 0 Å². The molecule has 0 saturated heterocycles. The van der Waals surface area contributed by atoms with Crippen LogP contribution < -0.4 is 0 Å². The molecule has 0 unspecified atom stereocenters. The summed E-state index contributed by atoms with van der Waals surface area (Å²) in [4.78, 5) is 4.67. The molecule has 4 rings (SSSR count). The summed E-state index contributed by atoms with van der Waals surface area (Å²) >= 11 is 1.61. The molecule has 0 N–H and O–H groups in total. The van der Waals surface area contributed by atoms with Crippen LogP contribution in [0.1, 0.15) is 22.8 Å². The van der Waals surface area contributed by atoms with Gasteiger partial charge < -0.3 is 4.42 Å². The van der Waals surface area contributed by atoms with Crippen molar-refractivity contribution in [3.05, 3.63) is 77.4 Å². The van der Waals surface area contributed by atoms with E-state index >= 15 is 0 Å². The van der Waals surface area contributed by atoms with Crippen molar-refractivity contribution in [2.24, 2.45) is 0 Å². The number of aromatic nitrogens is 4. The molecular weight excluding hydrogens is 356 g/mol. The second kappa shape index (κ2) is 7.40. The molecule has 2 heterocycles. The van der Waals surface area contributed by atoms with Crippen molar-refractivity contribution in [3.63, 3.8) is 0 Å². The first-order chi connectivity index (χ1) is 13.1. The van der Waals surface area contributed by atoms with Gasteiger partial charge in [0.1, 0.15) is 11.6 Å². The van der Waals surface area contributed by atoms with Crippen molar-refractivity contribution in [2.45, 2.75) is 31.7 Å². The molecule has 0 aliphatic rings. The molecule has 136 valence electrons. The maximum atomic E-state index is 5.86. The second-order valence-corrected chi connectivity index (χ2v) is 7.32. The molecule has 0 bridgehead atoms. The van der Waals surface area contributed by atoms with Crippen molar-refractivity contribution < 1.29 is 4.42 Å². The number of hydrogen-bond acceptors (Lipinski definition) is 5. The third-order valence-corrected chi connectivity index (χ3v) is 5.28. The van der Waals surface area contributed by atoms with Crippen molar-refractivity contribution in [1.82, 2.24) is 19.7 Å². The minimum atomic E-state index is 0.653. The fourth-order valence-corrected chi connectivity index (χ4v) is 3.83. The summed E-state index contributed by atoms with van der Waals surface area (Å²) in [6.07, 6.45) is 0. The fourth-order valence-electron chi connectivity index (χ4n) is 2.83. The average Bonchev–Trinajstić information content (AvgIpc) is 3.24. The van der Waals surface area contributed by atoms with Gasteiger partial charge in [0.15, 0.2) is 5.16 Å². The second-order valence-electron chi connectivity index (χ2n) is 6.38. The maximum Gasteiger partial charge on any atom is 0.226 e. The number of thioether (sulfide) groups is 1. The highest BCUT2D eigenvalue weighted by Gasteiger charge is 2.15. The molecule has 0 spiro atoms. The molecule has 0 radical (unpaired) electrons. The number of benzene rings is 2. The number of aryl methyl sites for hydroxylation is 3. The highest BCUT2D eigenvalue weighted by atomic mass is 32.2. The van der Waals surface area contributed by atoms with Crippen LogP contribution in [0.15, 0.2) is 64.2 Å². The zero-order chi connectivity index (χ0) is 18.8. The molecule has 0 saturated carbocycles. The summed E-state index contributed by atoms with van der Waals surface area (Å²) in [6, 6.07) is 18.3. The Balaban J connectivity index is 1.57. The maximum absolute atomic E-state index is 5.86. The monoisotopic (exact) mass is 376 g/mol. The molecule has 2 aromatic carbocycles. The molecule has 0 aliphatic heterocycles. The van der Waals surface area contributed by atoms with Gasteiger partial charge in [0.2, 0.25) is 5.89 Å². The first-order valence-corrected chi connectivity index (χ1v) is 9.74. The van der Waals surface area contributed by atoms with E-state index < -0.39 is 0 Å². The van der Waals surface area contributed by atoms with Crippen LogP contribution >= 0.6 is 11.8 Å². The Kier molecular flexibility index (Phi) is 4.81. The summed E-state index contributed by atoms with van der Waals surface area (Å²) in [7, 11) is 0. The Morgan fingerprint density at radius 1 is 0.926 bits per heavy atom. The lowest BCUT2D eigenvalue weighted by atomic mass is 10.2. The van der Waals surface area contributed by atoms with E-state index in [4.69, 9.17) is 4.42 Å². The van der Waals surface area contributed by atoms with E-state index in [1.165, 1.54) is 5.56 Å². The van der Waals surface area contributed by atoms with E-state index in [1.807, 2.05) is 44.2 Å². The van der Waals surface area contributed by atoms with Gasteiger partial charge in [0.25, 0.3) is 0 Å². The predicted molar refractivity (Wildman–Crippen MR) is 107 cm³/mol. The lowest BCUT2D eigenvalue weighted by Gasteiger charge is -2.08. The van der Waals surface area contributed by atoms with Gasteiger partial charge in [-0.05, 0) is 45.0 Å². The van der Waals surface area contributed by atoms with Crippen LogP contribution in [-0.4, -0.2) is 19.7 Å². The van der Waals surface area contributed by atoms with Gasteiger partial charge in [-0.1, -0.05) is 47.7 Å². The Hall–Kier alpha value is -2.86. The summed E-state index contributed by atoms with van der Waals surface area (Å²) in [5, 5.41) is 9.44.